The molecule has 0 aliphatic heterocycles. The van der Waals surface area contributed by atoms with E-state index in [0.29, 0.717) is 0 Å². The van der Waals surface area contributed by atoms with Gasteiger partial charge in [0.1, 0.15) is 0 Å². The van der Waals surface area contributed by atoms with Gasteiger partial charge >= 0.3 is 17.1 Å². The number of hydrogen-bond donors (Lipinski definition) is 0. The van der Waals surface area contributed by atoms with E-state index in [1.165, 1.54) is 12.1 Å². The third-order valence-electron chi connectivity index (χ3n) is 0.849. The number of hydrogen-bond acceptors (Lipinski definition) is 2. The second kappa shape index (κ2) is 3.38. The molecule has 51 valence electrons. The van der Waals surface area contributed by atoms with E-state index >= 15 is 0 Å². The number of rotatable bonds is 0. The molecule has 0 bridgehead atoms. The second-order valence-corrected chi connectivity index (χ2v) is 1.45. The van der Waals surface area contributed by atoms with Gasteiger partial charge in [-0.05, 0) is 0 Å². The number of benzene rings is 1. The maximum Gasteiger partial charge on any atom is 2.00 e. The summed E-state index contributed by atoms with van der Waals surface area (Å²) in [5.74, 6) is -0.875. The van der Waals surface area contributed by atoms with Gasteiger partial charge in [-0.2, -0.15) is 0 Å². The van der Waals surface area contributed by atoms with Crippen molar-refractivity contribution in [3.8, 4) is 11.5 Å². The van der Waals surface area contributed by atoms with E-state index in [9.17, 15) is 10.2 Å². The van der Waals surface area contributed by atoms with Crippen LogP contribution in [-0.2, 0) is 17.1 Å². The van der Waals surface area contributed by atoms with Gasteiger partial charge in [-0.25, -0.2) is 0 Å². The molecule has 1 rings (SSSR count). The molecule has 0 N–H and O–H groups in total. The molecule has 0 spiro atoms. The van der Waals surface area contributed by atoms with Crippen molar-refractivity contribution >= 4 is 0 Å². The fraction of sp³-hybridized carbons (Fsp3) is 0. The van der Waals surface area contributed by atoms with Gasteiger partial charge in [-0.1, -0.05) is 24.3 Å². The van der Waals surface area contributed by atoms with Crippen molar-refractivity contribution in [1.82, 2.24) is 0 Å². The Kier molecular flexibility index (Phi) is 3.13. The van der Waals surface area contributed by atoms with E-state index in [2.05, 4.69) is 0 Å². The summed E-state index contributed by atoms with van der Waals surface area (Å²) in [6.45, 7) is 0. The average Bonchev–Trinajstić information content (AvgIpc) is 1.77. The topological polar surface area (TPSA) is 46.1 Å². The van der Waals surface area contributed by atoms with Crippen LogP contribution in [0.25, 0.3) is 0 Å². The van der Waals surface area contributed by atoms with Crippen LogP contribution in [0.1, 0.15) is 0 Å². The van der Waals surface area contributed by atoms with Crippen LogP contribution in [0.3, 0.4) is 0 Å². The predicted molar refractivity (Wildman–Crippen MR) is 25.3 cm³/mol. The average molecular weight is 172 g/mol. The summed E-state index contributed by atoms with van der Waals surface area (Å²) in [6, 6.07) is 5.60. The molecule has 1 aromatic rings. The van der Waals surface area contributed by atoms with Crippen LogP contribution in [0.15, 0.2) is 24.3 Å². The summed E-state index contributed by atoms with van der Waals surface area (Å²) >= 11 is 0. The Morgan fingerprint density at radius 2 is 1.22 bits per heavy atom. The van der Waals surface area contributed by atoms with Gasteiger partial charge < -0.3 is 10.2 Å². The van der Waals surface area contributed by atoms with E-state index in [4.69, 9.17) is 0 Å². The molecule has 0 aliphatic carbocycles. The van der Waals surface area contributed by atoms with Gasteiger partial charge in [-0.15, -0.1) is 11.5 Å². The van der Waals surface area contributed by atoms with Crippen LogP contribution in [0.4, 0.5) is 0 Å². The predicted octanol–water partition coefficient (Wildman–Crippen LogP) is -0.169. The molecule has 0 atom stereocenters. The fourth-order valence-corrected chi connectivity index (χ4v) is 0.450. The van der Waals surface area contributed by atoms with Crippen molar-refractivity contribution in [2.45, 2.75) is 0 Å². The van der Waals surface area contributed by atoms with E-state index in [-0.39, 0.29) is 17.1 Å². The summed E-state index contributed by atoms with van der Waals surface area (Å²) in [5, 5.41) is 20.6. The van der Waals surface area contributed by atoms with Crippen LogP contribution in [0.5, 0.6) is 11.5 Å². The van der Waals surface area contributed by atoms with E-state index in [1.807, 2.05) is 0 Å². The van der Waals surface area contributed by atoms with Crippen molar-refractivity contribution in [1.29, 1.82) is 0 Å². The molecule has 1 radical (unpaired) electrons. The SMILES string of the molecule is [Cu+2].[O-]c1ccccc1[O-]. The monoisotopic (exact) mass is 171 g/mol. The molecule has 0 aliphatic rings. The van der Waals surface area contributed by atoms with Gasteiger partial charge in [0.15, 0.2) is 0 Å². The van der Waals surface area contributed by atoms with Crippen LogP contribution < -0.4 is 10.2 Å². The molecule has 0 saturated carbocycles. The third-order valence-corrected chi connectivity index (χ3v) is 0.849. The third kappa shape index (κ3) is 1.96. The quantitative estimate of drug-likeness (QED) is 0.509. The summed E-state index contributed by atoms with van der Waals surface area (Å²) in [4.78, 5) is 0. The minimum atomic E-state index is -0.437. The zero-order valence-electron chi connectivity index (χ0n) is 4.43. The first-order valence-corrected chi connectivity index (χ1v) is 2.24. The van der Waals surface area contributed by atoms with Gasteiger partial charge in [0.2, 0.25) is 0 Å². The van der Waals surface area contributed by atoms with Crippen molar-refractivity contribution in [2.75, 3.05) is 0 Å². The zero-order valence-corrected chi connectivity index (χ0v) is 5.37. The first-order valence-electron chi connectivity index (χ1n) is 2.24. The molecule has 0 aromatic heterocycles. The van der Waals surface area contributed by atoms with Crippen LogP contribution in [-0.4, -0.2) is 0 Å². The Balaban J connectivity index is 0.000000640. The van der Waals surface area contributed by atoms with Gasteiger partial charge in [0, 0.05) is 0 Å². The molecular formula is C6H4CuO2. The van der Waals surface area contributed by atoms with Crippen molar-refractivity contribution in [3.63, 3.8) is 0 Å². The minimum absolute atomic E-state index is 0. The van der Waals surface area contributed by atoms with Gasteiger partial charge in [-0.3, -0.25) is 0 Å². The molecule has 2 nitrogen and oxygen atoms in total. The largest absolute Gasteiger partial charge is 2.00 e. The Labute approximate surface area is 63.6 Å². The number of para-hydroxylation sites is 2. The maximum atomic E-state index is 10.3. The van der Waals surface area contributed by atoms with E-state index in [1.54, 1.807) is 12.1 Å². The normalized spacial score (nSPS) is 8.00. The molecule has 0 saturated heterocycles. The molecular weight excluding hydrogens is 168 g/mol. The molecule has 3 heteroatoms. The summed E-state index contributed by atoms with van der Waals surface area (Å²) in [7, 11) is 0. The van der Waals surface area contributed by atoms with Crippen molar-refractivity contribution in [2.24, 2.45) is 0 Å². The first kappa shape index (κ1) is 8.34. The molecule has 0 heterocycles. The summed E-state index contributed by atoms with van der Waals surface area (Å²) < 4.78 is 0. The van der Waals surface area contributed by atoms with E-state index in [0.717, 1.165) is 0 Å². The fourth-order valence-electron chi connectivity index (χ4n) is 0.450. The van der Waals surface area contributed by atoms with Gasteiger partial charge in [0.05, 0.1) is 0 Å². The van der Waals surface area contributed by atoms with Crippen molar-refractivity contribution < 1.29 is 27.3 Å². The van der Waals surface area contributed by atoms with Crippen LogP contribution in [0.2, 0.25) is 0 Å². The smallest absolute Gasteiger partial charge is 0.873 e. The first-order chi connectivity index (χ1) is 3.80. The Hall–Kier alpha value is -0.661. The second-order valence-electron chi connectivity index (χ2n) is 1.45. The molecule has 1 aromatic carbocycles. The maximum absolute atomic E-state index is 10.3. The standard InChI is InChI=1S/C6H6O2.Cu/c7-5-3-1-2-4-6(5)8;/h1-4,7-8H;/q;+2/p-2. The molecule has 9 heavy (non-hydrogen) atoms. The van der Waals surface area contributed by atoms with Gasteiger partial charge in [0.25, 0.3) is 0 Å². The molecule has 0 amide bonds. The minimum Gasteiger partial charge on any atom is -0.873 e. The Morgan fingerprint density at radius 1 is 0.889 bits per heavy atom. The zero-order chi connectivity index (χ0) is 5.98. The summed E-state index contributed by atoms with van der Waals surface area (Å²) in [6.07, 6.45) is 0. The van der Waals surface area contributed by atoms with Crippen LogP contribution in [0, 0.1) is 0 Å². The van der Waals surface area contributed by atoms with E-state index < -0.39 is 11.5 Å². The molecule has 0 unspecified atom stereocenters. The van der Waals surface area contributed by atoms with Crippen LogP contribution >= 0.6 is 0 Å². The van der Waals surface area contributed by atoms with Crippen molar-refractivity contribution in [3.05, 3.63) is 24.3 Å². The Morgan fingerprint density at radius 3 is 1.44 bits per heavy atom. The Bertz CT molecular complexity index is 167. The summed E-state index contributed by atoms with van der Waals surface area (Å²) in [5.41, 5.74) is 0. The molecule has 0 fully saturated rings.